The lowest BCUT2D eigenvalue weighted by Crippen LogP contribution is -2.46. The van der Waals surface area contributed by atoms with Gasteiger partial charge in [0.25, 0.3) is 0 Å². The highest BCUT2D eigenvalue weighted by atomic mass is 16.2. The number of hydrogen-bond acceptors (Lipinski definition) is 2. The van der Waals surface area contributed by atoms with E-state index in [0.717, 1.165) is 25.8 Å². The number of nitrogens with zero attached hydrogens (tertiary/aromatic N) is 1. The molecule has 3 aliphatic rings. The first-order chi connectivity index (χ1) is 8.59. The first-order valence-electron chi connectivity index (χ1n) is 7.67. The van der Waals surface area contributed by atoms with Crippen molar-refractivity contribution in [1.29, 1.82) is 0 Å². The molecule has 2 aliphatic carbocycles. The van der Waals surface area contributed by atoms with Gasteiger partial charge in [-0.15, -0.1) is 0 Å². The van der Waals surface area contributed by atoms with E-state index in [4.69, 9.17) is 0 Å². The molecule has 3 heteroatoms. The molecule has 0 radical (unpaired) electrons. The van der Waals surface area contributed by atoms with E-state index in [1.54, 1.807) is 0 Å². The normalized spacial score (nSPS) is 33.1. The van der Waals surface area contributed by atoms with Crippen molar-refractivity contribution in [3.63, 3.8) is 0 Å². The fourth-order valence-corrected chi connectivity index (χ4v) is 4.07. The van der Waals surface area contributed by atoms with Crippen molar-refractivity contribution in [3.8, 4) is 0 Å². The molecule has 3 rings (SSSR count). The minimum absolute atomic E-state index is 0.180. The number of rotatable bonds is 3. The number of hydrogen-bond donors (Lipinski definition) is 1. The van der Waals surface area contributed by atoms with Crippen LogP contribution in [0.3, 0.4) is 0 Å². The monoisotopic (exact) mass is 250 g/mol. The second-order valence-corrected chi connectivity index (χ2v) is 6.95. The van der Waals surface area contributed by atoms with Crippen molar-refractivity contribution in [2.24, 2.45) is 5.41 Å². The zero-order valence-corrected chi connectivity index (χ0v) is 11.8. The maximum atomic E-state index is 12.8. The molecule has 3 fully saturated rings. The summed E-state index contributed by atoms with van der Waals surface area (Å²) in [6.07, 6.45) is 9.76. The third-order valence-electron chi connectivity index (χ3n) is 5.45. The Bertz CT molecular complexity index is 342. The number of amides is 1. The third-order valence-corrected chi connectivity index (χ3v) is 5.45. The Balaban J connectivity index is 1.77. The fraction of sp³-hybridized carbons (Fsp3) is 0.933. The molecule has 0 aromatic carbocycles. The van der Waals surface area contributed by atoms with Gasteiger partial charge in [0.05, 0.1) is 11.7 Å². The van der Waals surface area contributed by atoms with Gasteiger partial charge in [-0.2, -0.15) is 0 Å². The molecule has 1 N–H and O–H groups in total. The first kappa shape index (κ1) is 12.5. The van der Waals surface area contributed by atoms with Crippen LogP contribution in [0.25, 0.3) is 0 Å². The SMILES string of the molecule is CCC1NC2(CCCC2)C(=O)N1CC1(C)CCC1. The van der Waals surface area contributed by atoms with Gasteiger partial charge in [-0.1, -0.05) is 33.1 Å². The molecule has 0 aromatic heterocycles. The molecule has 18 heavy (non-hydrogen) atoms. The van der Waals surface area contributed by atoms with Crippen LogP contribution in [-0.4, -0.2) is 29.1 Å². The molecule has 1 amide bonds. The van der Waals surface area contributed by atoms with Gasteiger partial charge in [0.1, 0.15) is 0 Å². The Morgan fingerprint density at radius 1 is 1.22 bits per heavy atom. The van der Waals surface area contributed by atoms with Gasteiger partial charge in [-0.05, 0) is 37.5 Å². The lowest BCUT2D eigenvalue weighted by Gasteiger charge is -2.42. The zero-order valence-electron chi connectivity index (χ0n) is 11.8. The average Bonchev–Trinajstić information content (AvgIpc) is 2.88. The van der Waals surface area contributed by atoms with Crippen LogP contribution in [0.4, 0.5) is 0 Å². The first-order valence-corrected chi connectivity index (χ1v) is 7.67. The predicted molar refractivity (Wildman–Crippen MR) is 72.1 cm³/mol. The molecule has 1 saturated heterocycles. The topological polar surface area (TPSA) is 32.3 Å². The van der Waals surface area contributed by atoms with E-state index in [0.29, 0.717) is 11.3 Å². The van der Waals surface area contributed by atoms with Gasteiger partial charge in [0, 0.05) is 6.54 Å². The van der Waals surface area contributed by atoms with E-state index in [2.05, 4.69) is 24.1 Å². The van der Waals surface area contributed by atoms with Crippen LogP contribution in [0, 0.1) is 5.41 Å². The summed E-state index contributed by atoms with van der Waals surface area (Å²) in [5, 5.41) is 3.66. The Kier molecular flexibility index (Phi) is 2.92. The standard InChI is InChI=1S/C15H26N2O/c1-3-12-16-15(9-4-5-10-15)13(18)17(12)11-14(2)7-6-8-14/h12,16H,3-11H2,1-2H3. The van der Waals surface area contributed by atoms with E-state index in [1.165, 1.54) is 32.1 Å². The van der Waals surface area contributed by atoms with E-state index in [1.807, 2.05) is 0 Å². The van der Waals surface area contributed by atoms with Crippen molar-refractivity contribution in [2.75, 3.05) is 6.54 Å². The molecule has 0 aromatic rings. The van der Waals surface area contributed by atoms with E-state index in [-0.39, 0.29) is 11.7 Å². The maximum absolute atomic E-state index is 12.8. The largest absolute Gasteiger partial charge is 0.325 e. The van der Waals surface area contributed by atoms with Gasteiger partial charge in [0.15, 0.2) is 0 Å². The molecule has 2 saturated carbocycles. The Morgan fingerprint density at radius 3 is 2.39 bits per heavy atom. The lowest BCUT2D eigenvalue weighted by molar-refractivity contribution is -0.135. The Hall–Kier alpha value is -0.570. The quantitative estimate of drug-likeness (QED) is 0.835. The maximum Gasteiger partial charge on any atom is 0.244 e. The van der Waals surface area contributed by atoms with Crippen molar-refractivity contribution >= 4 is 5.91 Å². The summed E-state index contributed by atoms with van der Waals surface area (Å²) >= 11 is 0. The molecule has 0 bridgehead atoms. The van der Waals surface area contributed by atoms with Crippen LogP contribution >= 0.6 is 0 Å². The molecule has 1 atom stereocenters. The predicted octanol–water partition coefficient (Wildman–Crippen LogP) is 2.66. The van der Waals surface area contributed by atoms with E-state index < -0.39 is 0 Å². The van der Waals surface area contributed by atoms with Gasteiger partial charge in [-0.3, -0.25) is 10.1 Å². The third kappa shape index (κ3) is 1.78. The van der Waals surface area contributed by atoms with Gasteiger partial charge in [-0.25, -0.2) is 0 Å². The number of carbonyl (C=O) groups excluding carboxylic acids is 1. The van der Waals surface area contributed by atoms with Crippen molar-refractivity contribution in [1.82, 2.24) is 10.2 Å². The molecule has 1 heterocycles. The summed E-state index contributed by atoms with van der Waals surface area (Å²) in [5.41, 5.74) is 0.218. The summed E-state index contributed by atoms with van der Waals surface area (Å²) in [5.74, 6) is 0.403. The average molecular weight is 250 g/mol. The zero-order chi connectivity index (χ0) is 12.8. The fourth-order valence-electron chi connectivity index (χ4n) is 4.07. The second kappa shape index (κ2) is 4.22. The highest BCUT2D eigenvalue weighted by molar-refractivity contribution is 5.89. The Morgan fingerprint density at radius 2 is 1.89 bits per heavy atom. The molecular weight excluding hydrogens is 224 g/mol. The summed E-state index contributed by atoms with van der Waals surface area (Å²) in [6, 6.07) is 0. The Labute approximate surface area is 110 Å². The summed E-state index contributed by atoms with van der Waals surface area (Å²) in [7, 11) is 0. The molecular formula is C15H26N2O. The summed E-state index contributed by atoms with van der Waals surface area (Å²) < 4.78 is 0. The van der Waals surface area contributed by atoms with Crippen LogP contribution in [-0.2, 0) is 4.79 Å². The highest BCUT2D eigenvalue weighted by Crippen LogP contribution is 2.44. The highest BCUT2D eigenvalue weighted by Gasteiger charge is 2.53. The molecule has 3 nitrogen and oxygen atoms in total. The van der Waals surface area contributed by atoms with Crippen LogP contribution in [0.15, 0.2) is 0 Å². The van der Waals surface area contributed by atoms with E-state index >= 15 is 0 Å². The molecule has 102 valence electrons. The second-order valence-electron chi connectivity index (χ2n) is 6.95. The van der Waals surface area contributed by atoms with Crippen LogP contribution < -0.4 is 5.32 Å². The minimum Gasteiger partial charge on any atom is -0.325 e. The molecule has 1 aliphatic heterocycles. The molecule has 1 spiro atoms. The smallest absolute Gasteiger partial charge is 0.244 e. The van der Waals surface area contributed by atoms with Gasteiger partial charge < -0.3 is 4.90 Å². The van der Waals surface area contributed by atoms with Crippen molar-refractivity contribution < 1.29 is 4.79 Å². The van der Waals surface area contributed by atoms with Crippen LogP contribution in [0.1, 0.15) is 65.2 Å². The number of carbonyl (C=O) groups is 1. The van der Waals surface area contributed by atoms with E-state index in [9.17, 15) is 4.79 Å². The summed E-state index contributed by atoms with van der Waals surface area (Å²) in [4.78, 5) is 15.0. The minimum atomic E-state index is -0.180. The van der Waals surface area contributed by atoms with Gasteiger partial charge in [0.2, 0.25) is 5.91 Å². The number of nitrogens with one attached hydrogen (secondary N) is 1. The van der Waals surface area contributed by atoms with Gasteiger partial charge >= 0.3 is 0 Å². The van der Waals surface area contributed by atoms with Crippen LogP contribution in [0.2, 0.25) is 0 Å². The molecule has 1 unspecified atom stereocenters. The van der Waals surface area contributed by atoms with Crippen molar-refractivity contribution in [3.05, 3.63) is 0 Å². The van der Waals surface area contributed by atoms with Crippen LogP contribution in [0.5, 0.6) is 0 Å². The van der Waals surface area contributed by atoms with Crippen molar-refractivity contribution in [2.45, 2.75) is 76.9 Å². The summed E-state index contributed by atoms with van der Waals surface area (Å²) in [6.45, 7) is 5.50. The lowest BCUT2D eigenvalue weighted by atomic mass is 9.70.